The summed E-state index contributed by atoms with van der Waals surface area (Å²) in [5.41, 5.74) is 3.24. The number of halogens is 1. The fourth-order valence-corrected chi connectivity index (χ4v) is 3.40. The number of phenolic OH excluding ortho intramolecular Hbond substituents is 2. The van der Waals surface area contributed by atoms with Gasteiger partial charge in [-0.05, 0) is 22.0 Å². The summed E-state index contributed by atoms with van der Waals surface area (Å²) in [7, 11) is 0. The molecule has 30 heavy (non-hydrogen) atoms. The second-order valence-electron chi connectivity index (χ2n) is 6.69. The third kappa shape index (κ3) is 4.89. The van der Waals surface area contributed by atoms with Crippen molar-refractivity contribution in [3.8, 4) is 11.5 Å². The molecule has 0 unspecified atom stereocenters. The topological polar surface area (TPSA) is 128 Å². The number of morpholine rings is 2. The number of rotatable bonds is 5. The van der Waals surface area contributed by atoms with E-state index in [1.807, 2.05) is 9.80 Å². The van der Waals surface area contributed by atoms with Gasteiger partial charge in [0.05, 0.1) is 37.1 Å². The molecule has 3 N–H and O–H groups in total. The van der Waals surface area contributed by atoms with Gasteiger partial charge in [-0.3, -0.25) is 0 Å². The van der Waals surface area contributed by atoms with Gasteiger partial charge in [-0.25, -0.2) is 5.43 Å². The van der Waals surface area contributed by atoms with E-state index in [2.05, 4.69) is 41.4 Å². The number of nitrogens with one attached hydrogen (secondary N) is 1. The van der Waals surface area contributed by atoms with Gasteiger partial charge < -0.3 is 29.5 Å². The maximum absolute atomic E-state index is 9.96. The van der Waals surface area contributed by atoms with Gasteiger partial charge in [0.15, 0.2) is 0 Å². The number of nitrogens with zero attached hydrogens (tertiary/aromatic N) is 6. The van der Waals surface area contributed by atoms with Crippen LogP contribution in [0.1, 0.15) is 5.56 Å². The Kier molecular flexibility index (Phi) is 6.45. The van der Waals surface area contributed by atoms with E-state index in [4.69, 9.17) is 9.47 Å². The molecule has 3 heterocycles. The lowest BCUT2D eigenvalue weighted by Crippen LogP contribution is -2.40. The Labute approximate surface area is 181 Å². The first-order valence-electron chi connectivity index (χ1n) is 9.52. The fourth-order valence-electron chi connectivity index (χ4n) is 3.04. The molecule has 0 atom stereocenters. The Balaban J connectivity index is 1.57. The minimum absolute atomic E-state index is 0.0552. The average molecular weight is 480 g/mol. The smallest absolute Gasteiger partial charge is 0.250 e. The molecule has 2 aliphatic rings. The Morgan fingerprint density at radius 1 is 0.900 bits per heavy atom. The lowest BCUT2D eigenvalue weighted by Gasteiger charge is -2.30. The number of aromatic nitrogens is 3. The van der Waals surface area contributed by atoms with Crippen LogP contribution >= 0.6 is 15.9 Å². The van der Waals surface area contributed by atoms with Gasteiger partial charge in [-0.1, -0.05) is 0 Å². The van der Waals surface area contributed by atoms with E-state index in [-0.39, 0.29) is 11.5 Å². The molecule has 2 fully saturated rings. The van der Waals surface area contributed by atoms with Crippen molar-refractivity contribution >= 4 is 40.0 Å². The van der Waals surface area contributed by atoms with E-state index in [9.17, 15) is 10.2 Å². The molecule has 4 rings (SSSR count). The monoisotopic (exact) mass is 479 g/mol. The van der Waals surface area contributed by atoms with Crippen LogP contribution in [0.5, 0.6) is 11.5 Å². The number of benzene rings is 1. The highest BCUT2D eigenvalue weighted by Gasteiger charge is 2.20. The Morgan fingerprint density at radius 2 is 1.47 bits per heavy atom. The number of hydrogen-bond acceptors (Lipinski definition) is 11. The van der Waals surface area contributed by atoms with Crippen molar-refractivity contribution in [3.63, 3.8) is 0 Å². The summed E-state index contributed by atoms with van der Waals surface area (Å²) in [6.45, 7) is 5.27. The zero-order chi connectivity index (χ0) is 20.9. The lowest BCUT2D eigenvalue weighted by atomic mass is 10.2. The first-order valence-corrected chi connectivity index (χ1v) is 10.3. The molecular weight excluding hydrogens is 458 g/mol. The lowest BCUT2D eigenvalue weighted by molar-refractivity contribution is 0.121. The van der Waals surface area contributed by atoms with Crippen LogP contribution in [0, 0.1) is 0 Å². The van der Waals surface area contributed by atoms with Crippen molar-refractivity contribution in [3.05, 3.63) is 22.2 Å². The van der Waals surface area contributed by atoms with E-state index in [0.717, 1.165) is 0 Å². The van der Waals surface area contributed by atoms with Crippen LogP contribution in [-0.4, -0.2) is 84.0 Å². The zero-order valence-electron chi connectivity index (χ0n) is 16.2. The van der Waals surface area contributed by atoms with Crippen molar-refractivity contribution in [1.82, 2.24) is 15.0 Å². The summed E-state index contributed by atoms with van der Waals surface area (Å²) >= 11 is 3.22. The number of ether oxygens (including phenoxy) is 2. The quantitative estimate of drug-likeness (QED) is 0.424. The highest BCUT2D eigenvalue weighted by Crippen LogP contribution is 2.30. The first kappa shape index (κ1) is 20.6. The molecule has 0 spiro atoms. The van der Waals surface area contributed by atoms with Gasteiger partial charge in [-0.2, -0.15) is 20.1 Å². The second-order valence-corrected chi connectivity index (χ2v) is 7.54. The number of hydrazone groups is 1. The van der Waals surface area contributed by atoms with E-state index in [1.54, 1.807) is 6.07 Å². The van der Waals surface area contributed by atoms with E-state index in [1.165, 1.54) is 12.3 Å². The molecule has 2 aromatic rings. The van der Waals surface area contributed by atoms with Crippen LogP contribution in [-0.2, 0) is 9.47 Å². The van der Waals surface area contributed by atoms with Crippen LogP contribution in [0.3, 0.4) is 0 Å². The van der Waals surface area contributed by atoms with E-state index in [0.29, 0.717) is 80.5 Å². The number of aromatic hydroxyl groups is 2. The summed E-state index contributed by atoms with van der Waals surface area (Å²) < 4.78 is 11.3. The van der Waals surface area contributed by atoms with Gasteiger partial charge in [0.1, 0.15) is 11.5 Å². The molecule has 160 valence electrons. The Bertz CT molecular complexity index is 881. The van der Waals surface area contributed by atoms with Gasteiger partial charge in [-0.15, -0.1) is 0 Å². The Morgan fingerprint density at radius 3 is 2.03 bits per heavy atom. The Hall–Kier alpha value is -2.70. The van der Waals surface area contributed by atoms with E-state index >= 15 is 0 Å². The van der Waals surface area contributed by atoms with Crippen LogP contribution in [0.15, 0.2) is 21.7 Å². The van der Waals surface area contributed by atoms with Gasteiger partial charge >= 0.3 is 0 Å². The fraction of sp³-hybridized carbons (Fsp3) is 0.444. The molecule has 0 amide bonds. The molecule has 1 aromatic heterocycles. The largest absolute Gasteiger partial charge is 0.507 e. The molecule has 0 saturated carbocycles. The molecule has 0 radical (unpaired) electrons. The van der Waals surface area contributed by atoms with Crippen LogP contribution < -0.4 is 15.2 Å². The van der Waals surface area contributed by atoms with Crippen molar-refractivity contribution < 1.29 is 19.7 Å². The molecule has 12 heteroatoms. The maximum atomic E-state index is 9.96. The minimum Gasteiger partial charge on any atom is -0.507 e. The van der Waals surface area contributed by atoms with Crippen molar-refractivity contribution in [2.75, 3.05) is 67.8 Å². The molecule has 0 aliphatic carbocycles. The number of hydrogen-bond donors (Lipinski definition) is 3. The van der Waals surface area contributed by atoms with Crippen molar-refractivity contribution in [2.45, 2.75) is 0 Å². The normalized spacial score (nSPS) is 17.5. The van der Waals surface area contributed by atoms with Crippen molar-refractivity contribution in [2.24, 2.45) is 5.10 Å². The SMILES string of the molecule is Oc1cc(O)c(C=NNc2nc(N3CCOCC3)nc(N3CCOCC3)n2)cc1Br. The van der Waals surface area contributed by atoms with Gasteiger partial charge in [0.25, 0.3) is 0 Å². The molecule has 2 saturated heterocycles. The summed E-state index contributed by atoms with van der Waals surface area (Å²) in [5.74, 6) is 1.26. The van der Waals surface area contributed by atoms with E-state index < -0.39 is 0 Å². The highest BCUT2D eigenvalue weighted by molar-refractivity contribution is 9.10. The zero-order valence-corrected chi connectivity index (χ0v) is 17.7. The predicted molar refractivity (Wildman–Crippen MR) is 115 cm³/mol. The third-order valence-corrected chi connectivity index (χ3v) is 5.30. The maximum Gasteiger partial charge on any atom is 0.250 e. The average Bonchev–Trinajstić information content (AvgIpc) is 2.78. The van der Waals surface area contributed by atoms with Gasteiger partial charge in [0, 0.05) is 37.8 Å². The third-order valence-electron chi connectivity index (χ3n) is 4.66. The molecule has 0 bridgehead atoms. The van der Waals surface area contributed by atoms with Crippen molar-refractivity contribution in [1.29, 1.82) is 0 Å². The number of phenols is 2. The second kappa shape index (κ2) is 9.41. The molecule has 11 nitrogen and oxygen atoms in total. The van der Waals surface area contributed by atoms with Crippen LogP contribution in [0.2, 0.25) is 0 Å². The summed E-state index contributed by atoms with van der Waals surface area (Å²) in [6, 6.07) is 2.79. The number of anilines is 3. The summed E-state index contributed by atoms with van der Waals surface area (Å²) in [6.07, 6.45) is 1.42. The first-order chi connectivity index (χ1) is 14.6. The standard InChI is InChI=1S/C18H22BrN7O4/c19-13-9-12(14(27)10-15(13)28)11-20-24-16-21-17(25-1-5-29-6-2-25)23-18(22-16)26-3-7-30-8-4-26/h9-11,27-28H,1-8H2,(H,21,22,23,24). The highest BCUT2D eigenvalue weighted by atomic mass is 79.9. The van der Waals surface area contributed by atoms with Crippen LogP contribution in [0.25, 0.3) is 0 Å². The molecule has 2 aliphatic heterocycles. The molecular formula is C18H22BrN7O4. The predicted octanol–water partition coefficient (Wildman–Crippen LogP) is 1.16. The summed E-state index contributed by atoms with van der Waals surface area (Å²) in [4.78, 5) is 17.7. The van der Waals surface area contributed by atoms with Crippen LogP contribution in [0.4, 0.5) is 17.8 Å². The van der Waals surface area contributed by atoms with Gasteiger partial charge in [0.2, 0.25) is 17.8 Å². The summed E-state index contributed by atoms with van der Waals surface area (Å²) in [5, 5.41) is 23.7. The molecule has 1 aromatic carbocycles. The minimum atomic E-state index is -0.0973.